The summed E-state index contributed by atoms with van der Waals surface area (Å²) in [6.45, 7) is 5.62. The predicted octanol–water partition coefficient (Wildman–Crippen LogP) is 5.90. The van der Waals surface area contributed by atoms with Crippen molar-refractivity contribution in [2.45, 2.75) is 50.5 Å². The number of piperidine rings is 4. The van der Waals surface area contributed by atoms with Gasteiger partial charge < -0.3 is 40.2 Å². The molecule has 9 rings (SSSR count). The van der Waals surface area contributed by atoms with Crippen molar-refractivity contribution >= 4 is 22.9 Å². The number of aliphatic hydroxyl groups is 1. The van der Waals surface area contributed by atoms with E-state index >= 15 is 0 Å². The zero-order valence-electron chi connectivity index (χ0n) is 32.5. The molecule has 5 aromatic rings. The number of nitrogens with one attached hydrogen (secondary N) is 3. The van der Waals surface area contributed by atoms with Crippen LogP contribution in [0, 0.1) is 11.8 Å². The van der Waals surface area contributed by atoms with Gasteiger partial charge in [0, 0.05) is 43.2 Å². The van der Waals surface area contributed by atoms with Gasteiger partial charge in [0.25, 0.3) is 5.91 Å². The number of aromatic nitrogens is 1. The van der Waals surface area contributed by atoms with Crippen molar-refractivity contribution in [1.82, 2.24) is 25.4 Å². The van der Waals surface area contributed by atoms with Gasteiger partial charge in [0.1, 0.15) is 24.2 Å². The van der Waals surface area contributed by atoms with Crippen LogP contribution in [-0.4, -0.2) is 88.9 Å². The van der Waals surface area contributed by atoms with Crippen molar-refractivity contribution in [3.05, 3.63) is 141 Å². The fourth-order valence-electron chi connectivity index (χ4n) is 8.64. The van der Waals surface area contributed by atoms with E-state index in [0.717, 1.165) is 62.0 Å². The van der Waals surface area contributed by atoms with Crippen molar-refractivity contribution in [1.29, 1.82) is 0 Å². The van der Waals surface area contributed by atoms with E-state index in [0.29, 0.717) is 72.4 Å². The van der Waals surface area contributed by atoms with E-state index < -0.39 is 18.2 Å². The van der Waals surface area contributed by atoms with E-state index in [1.54, 1.807) is 12.1 Å². The quantitative estimate of drug-likeness (QED) is 0.0982. The van der Waals surface area contributed by atoms with E-state index in [-0.39, 0.29) is 23.3 Å². The number of H-pyrrole nitrogens is 1. The number of fused-ring (bicyclic) bond motifs is 4. The van der Waals surface area contributed by atoms with Crippen LogP contribution in [0.5, 0.6) is 11.5 Å². The highest BCUT2D eigenvalue weighted by Crippen LogP contribution is 2.32. The summed E-state index contributed by atoms with van der Waals surface area (Å²) < 4.78 is 12.2. The number of alkyl carbamates (subject to hydrolysis) is 1. The number of amides is 2. The molecule has 12 heteroatoms. The first-order chi connectivity index (χ1) is 28.3. The zero-order chi connectivity index (χ0) is 40.0. The lowest BCUT2D eigenvalue weighted by molar-refractivity contribution is -0.0336. The normalized spacial score (nSPS) is 20.4. The summed E-state index contributed by atoms with van der Waals surface area (Å²) in [6, 6.07) is 30.9. The lowest BCUT2D eigenvalue weighted by atomic mass is 9.86. The molecule has 0 aliphatic carbocycles. The predicted molar refractivity (Wildman–Crippen MR) is 221 cm³/mol. The first-order valence-electron chi connectivity index (χ1n) is 20.4. The smallest absolute Gasteiger partial charge is 0.408 e. The highest BCUT2D eigenvalue weighted by Gasteiger charge is 2.37. The lowest BCUT2D eigenvalue weighted by Gasteiger charge is -2.43. The number of aromatic amines is 1. The Morgan fingerprint density at radius 3 is 2.34 bits per heavy atom. The second-order valence-corrected chi connectivity index (χ2v) is 15.8. The average Bonchev–Trinajstić information content (AvgIpc) is 3.26. The minimum atomic E-state index is -0.819. The van der Waals surface area contributed by atoms with Gasteiger partial charge in [-0.1, -0.05) is 60.7 Å². The summed E-state index contributed by atoms with van der Waals surface area (Å²) in [5.41, 5.74) is 4.02. The highest BCUT2D eigenvalue weighted by molar-refractivity contribution is 5.94. The van der Waals surface area contributed by atoms with Crippen LogP contribution in [0.15, 0.2) is 108 Å². The first kappa shape index (κ1) is 39.2. The molecule has 302 valence electrons. The molecule has 3 atom stereocenters. The fraction of sp³-hybridized carbons (Fsp3) is 0.370. The Hall–Kier alpha value is -5.69. The van der Waals surface area contributed by atoms with Gasteiger partial charge in [-0.15, -0.1) is 0 Å². The standard InChI is InChI=1S/C46H51N5O7/c52-39-15-13-37(38-14-16-42(54)48-44(38)39)40(53)27-47-26-30-17-23-51(24-18-30)45(55)34-11-9-31(10-12-34)29-57-36-8-4-7-35(25-36)43(33-5-2-1-3-6-33)49-46(56)58-41-28-50-21-19-32(41)20-22-50/h1-16,25,30,32,40-41,43,47,52-53H,17-24,26-29H2,(H,48,54)(H,49,56)/t40-,41+,43-/m0/s1. The van der Waals surface area contributed by atoms with Crippen molar-refractivity contribution in [2.24, 2.45) is 11.8 Å². The summed E-state index contributed by atoms with van der Waals surface area (Å²) in [5, 5.41) is 28.2. The monoisotopic (exact) mass is 785 g/mol. The number of phenolic OH excluding ortho intramolecular Hbond substituents is 1. The Bertz CT molecular complexity index is 2250. The number of carbonyl (C=O) groups is 2. The molecule has 2 amide bonds. The third-order valence-corrected chi connectivity index (χ3v) is 12.0. The third-order valence-electron chi connectivity index (χ3n) is 12.0. The van der Waals surface area contributed by atoms with Gasteiger partial charge in [-0.2, -0.15) is 0 Å². The van der Waals surface area contributed by atoms with Crippen LogP contribution in [-0.2, 0) is 11.3 Å². The number of hydrogen-bond acceptors (Lipinski definition) is 9. The molecule has 0 saturated carbocycles. The van der Waals surface area contributed by atoms with E-state index in [9.17, 15) is 24.6 Å². The van der Waals surface area contributed by atoms with Crippen LogP contribution in [0.25, 0.3) is 10.9 Å². The van der Waals surface area contributed by atoms with Gasteiger partial charge in [0.2, 0.25) is 5.56 Å². The van der Waals surface area contributed by atoms with Crippen LogP contribution in [0.2, 0.25) is 0 Å². The number of rotatable bonds is 13. The minimum absolute atomic E-state index is 0.00531. The summed E-state index contributed by atoms with van der Waals surface area (Å²) in [6.07, 6.45) is 2.53. The van der Waals surface area contributed by atoms with Crippen LogP contribution < -0.4 is 20.9 Å². The van der Waals surface area contributed by atoms with Gasteiger partial charge in [-0.3, -0.25) is 14.5 Å². The number of benzene rings is 4. The van der Waals surface area contributed by atoms with Crippen LogP contribution in [0.1, 0.15) is 70.4 Å². The number of aliphatic hydroxyl groups excluding tert-OH is 1. The maximum absolute atomic E-state index is 13.4. The molecule has 5 N–H and O–H groups in total. The maximum atomic E-state index is 13.4. The molecule has 4 saturated heterocycles. The zero-order valence-corrected chi connectivity index (χ0v) is 32.5. The van der Waals surface area contributed by atoms with E-state index in [2.05, 4.69) is 20.5 Å². The Morgan fingerprint density at radius 2 is 1.60 bits per heavy atom. The van der Waals surface area contributed by atoms with Crippen molar-refractivity contribution in [3.63, 3.8) is 0 Å². The maximum Gasteiger partial charge on any atom is 0.408 e. The molecule has 0 radical (unpaired) electrons. The van der Waals surface area contributed by atoms with Crippen molar-refractivity contribution < 1.29 is 29.3 Å². The molecule has 4 aliphatic rings. The number of pyridine rings is 1. The fourth-order valence-corrected chi connectivity index (χ4v) is 8.64. The molecular weight excluding hydrogens is 735 g/mol. The van der Waals surface area contributed by atoms with Crippen molar-refractivity contribution in [2.75, 3.05) is 45.8 Å². The highest BCUT2D eigenvalue weighted by atomic mass is 16.6. The summed E-state index contributed by atoms with van der Waals surface area (Å²) in [4.78, 5) is 45.3. The summed E-state index contributed by atoms with van der Waals surface area (Å²) in [5.74, 6) is 1.43. The molecule has 0 spiro atoms. The minimum Gasteiger partial charge on any atom is -0.506 e. The van der Waals surface area contributed by atoms with E-state index in [1.807, 2.05) is 83.8 Å². The van der Waals surface area contributed by atoms with Gasteiger partial charge >= 0.3 is 6.09 Å². The number of carbonyl (C=O) groups excluding carboxylic acids is 2. The number of likely N-dealkylation sites (tertiary alicyclic amines) is 1. The molecule has 4 fully saturated rings. The molecule has 5 heterocycles. The molecule has 58 heavy (non-hydrogen) atoms. The number of aromatic hydroxyl groups is 1. The van der Waals surface area contributed by atoms with E-state index in [1.165, 1.54) is 12.1 Å². The molecule has 12 nitrogen and oxygen atoms in total. The SMILES string of the molecule is O=C(N[C@@H](c1ccccc1)c1cccc(OCc2ccc(C(=O)N3CCC(CNC[C@H](O)c4ccc(O)c5[nH]c(=O)ccc45)CC3)cc2)c1)O[C@@H]1CN2CCC1CC2. The van der Waals surface area contributed by atoms with Gasteiger partial charge in [0.05, 0.1) is 17.7 Å². The Labute approximate surface area is 337 Å². The van der Waals surface area contributed by atoms with Gasteiger partial charge in [-0.25, -0.2) is 4.79 Å². The average molecular weight is 786 g/mol. The first-order valence-corrected chi connectivity index (χ1v) is 20.4. The molecule has 4 aromatic carbocycles. The van der Waals surface area contributed by atoms with Gasteiger partial charge in [0.15, 0.2) is 0 Å². The molecule has 2 bridgehead atoms. The second kappa shape index (κ2) is 17.8. The van der Waals surface area contributed by atoms with Crippen LogP contribution >= 0.6 is 0 Å². The lowest BCUT2D eigenvalue weighted by Crippen LogP contribution is -2.52. The molecular formula is C46H51N5O7. The van der Waals surface area contributed by atoms with E-state index in [4.69, 9.17) is 9.47 Å². The number of hydrogen-bond donors (Lipinski definition) is 5. The van der Waals surface area contributed by atoms with Gasteiger partial charge in [-0.05, 0) is 116 Å². The topological polar surface area (TPSA) is 156 Å². The molecule has 0 unspecified atom stereocenters. The second-order valence-electron chi connectivity index (χ2n) is 15.8. The Morgan fingerprint density at radius 1 is 0.845 bits per heavy atom. The third kappa shape index (κ3) is 9.20. The number of phenols is 1. The largest absolute Gasteiger partial charge is 0.506 e. The van der Waals surface area contributed by atoms with Crippen molar-refractivity contribution in [3.8, 4) is 11.5 Å². The summed E-state index contributed by atoms with van der Waals surface area (Å²) in [7, 11) is 0. The molecule has 4 aliphatic heterocycles. The summed E-state index contributed by atoms with van der Waals surface area (Å²) >= 11 is 0. The molecule has 1 aromatic heterocycles. The van der Waals surface area contributed by atoms with Crippen LogP contribution in [0.3, 0.4) is 0 Å². The Balaban J connectivity index is 0.806. The number of nitrogens with zero attached hydrogens (tertiary/aromatic N) is 2. The number of ether oxygens (including phenoxy) is 2. The van der Waals surface area contributed by atoms with Crippen LogP contribution in [0.4, 0.5) is 4.79 Å². The Kier molecular flexibility index (Phi) is 12.0.